The summed E-state index contributed by atoms with van der Waals surface area (Å²) in [7, 11) is -3.22. The van der Waals surface area contributed by atoms with E-state index in [9.17, 15) is 17.6 Å². The fraction of sp³-hybridized carbons (Fsp3) is 0.118. The highest BCUT2D eigenvalue weighted by Gasteiger charge is 2.18. The molecule has 7 aromatic rings. The fourth-order valence-electron chi connectivity index (χ4n) is 5.38. The minimum atomic E-state index is -3.22. The second-order valence-electron chi connectivity index (χ2n) is 11.2. The number of imidazole rings is 1. The van der Waals surface area contributed by atoms with Crippen molar-refractivity contribution in [3.05, 3.63) is 108 Å². The van der Waals surface area contributed by atoms with Crippen LogP contribution in [0.15, 0.2) is 91.5 Å². The second kappa shape index (κ2) is 12.2. The first-order chi connectivity index (χ1) is 22.7. The van der Waals surface area contributed by atoms with Gasteiger partial charge in [-0.2, -0.15) is 5.10 Å². The number of fused-ring (bicyclic) bond motifs is 2. The highest BCUT2D eigenvalue weighted by atomic mass is 32.2. The Bertz CT molecular complexity index is 2390. The number of anilines is 1. The van der Waals surface area contributed by atoms with E-state index in [0.29, 0.717) is 61.8 Å². The van der Waals surface area contributed by atoms with Crippen molar-refractivity contribution in [1.82, 2.24) is 35.1 Å². The molecule has 7 rings (SSSR count). The summed E-state index contributed by atoms with van der Waals surface area (Å²) in [4.78, 5) is 34.1. The van der Waals surface area contributed by atoms with Crippen LogP contribution in [0.1, 0.15) is 11.1 Å². The standard InChI is InChI=1S/C34H27FN8O3S/c1-47(45,46)10-8-21-11-22(14-24(35)12-21)31-33-27(7-9-37-31)40-34(41-33)32-26-16-28(38-19-29(26)42-43-32)23-15-25(18-36-17-23)39-30(44)13-20-5-3-2-4-6-20/h2-7,9,11-12,14-19H,8,10,13H2,1H3,(H,39,44)(H,40,41)(H,42,43). The molecular weight excluding hydrogens is 619 g/mol. The third kappa shape index (κ3) is 6.60. The second-order valence-corrected chi connectivity index (χ2v) is 13.5. The summed E-state index contributed by atoms with van der Waals surface area (Å²) in [6.45, 7) is 0. The number of benzene rings is 2. The van der Waals surface area contributed by atoms with E-state index in [-0.39, 0.29) is 24.5 Å². The van der Waals surface area contributed by atoms with Crippen molar-refractivity contribution in [2.75, 3.05) is 17.3 Å². The molecule has 0 bridgehead atoms. The number of nitrogens with zero attached hydrogens (tertiary/aromatic N) is 5. The van der Waals surface area contributed by atoms with Crippen molar-refractivity contribution < 1.29 is 17.6 Å². The molecular formula is C34H27FN8O3S. The minimum Gasteiger partial charge on any atom is -0.336 e. The molecule has 2 aromatic carbocycles. The number of aromatic nitrogens is 7. The van der Waals surface area contributed by atoms with Gasteiger partial charge in [0.15, 0.2) is 5.82 Å². The maximum Gasteiger partial charge on any atom is 0.228 e. The molecule has 0 aliphatic heterocycles. The molecule has 0 fully saturated rings. The van der Waals surface area contributed by atoms with Crippen molar-refractivity contribution in [2.45, 2.75) is 12.8 Å². The van der Waals surface area contributed by atoms with Crippen LogP contribution in [-0.2, 0) is 27.5 Å². The molecule has 0 saturated carbocycles. The van der Waals surface area contributed by atoms with Gasteiger partial charge in [-0.25, -0.2) is 17.8 Å². The number of hydrogen-bond acceptors (Lipinski definition) is 8. The summed E-state index contributed by atoms with van der Waals surface area (Å²) in [5, 5.41) is 11.2. The van der Waals surface area contributed by atoms with Crippen molar-refractivity contribution in [1.29, 1.82) is 0 Å². The molecule has 0 aliphatic rings. The molecule has 5 aromatic heterocycles. The van der Waals surface area contributed by atoms with E-state index in [2.05, 4.69) is 35.5 Å². The van der Waals surface area contributed by atoms with E-state index < -0.39 is 15.7 Å². The van der Waals surface area contributed by atoms with Gasteiger partial charge in [0.05, 0.1) is 52.7 Å². The van der Waals surface area contributed by atoms with Gasteiger partial charge in [-0.15, -0.1) is 0 Å². The van der Waals surface area contributed by atoms with E-state index in [4.69, 9.17) is 4.98 Å². The predicted octanol–water partition coefficient (Wildman–Crippen LogP) is 5.53. The number of aromatic amines is 2. The number of carbonyl (C=O) groups excluding carboxylic acids is 1. The molecule has 0 saturated heterocycles. The SMILES string of the molecule is CS(=O)(=O)CCc1cc(F)cc(-c2nccc3[nH]c(-c4n[nH]c5cnc(-c6cncc(NC(=O)Cc7ccccc7)c6)cc45)nc23)c1. The molecule has 0 atom stereocenters. The normalized spacial score (nSPS) is 11.7. The smallest absolute Gasteiger partial charge is 0.228 e. The van der Waals surface area contributed by atoms with Crippen LogP contribution in [0.5, 0.6) is 0 Å². The summed E-state index contributed by atoms with van der Waals surface area (Å²) in [6.07, 6.45) is 8.10. The molecule has 0 spiro atoms. The van der Waals surface area contributed by atoms with E-state index in [1.165, 1.54) is 12.1 Å². The third-order valence-corrected chi connectivity index (χ3v) is 8.54. The molecule has 0 radical (unpaired) electrons. The average molecular weight is 647 g/mol. The van der Waals surface area contributed by atoms with Gasteiger partial charge in [-0.05, 0) is 53.9 Å². The Hall–Kier alpha value is -5.82. The summed E-state index contributed by atoms with van der Waals surface area (Å²) in [6, 6.07) is 19.4. The van der Waals surface area contributed by atoms with Gasteiger partial charge in [0, 0.05) is 35.2 Å². The number of sulfone groups is 1. The third-order valence-electron chi connectivity index (χ3n) is 7.59. The highest BCUT2D eigenvalue weighted by molar-refractivity contribution is 7.90. The van der Waals surface area contributed by atoms with Crippen LogP contribution < -0.4 is 5.32 Å². The lowest BCUT2D eigenvalue weighted by Crippen LogP contribution is -2.14. The lowest BCUT2D eigenvalue weighted by molar-refractivity contribution is -0.115. The summed E-state index contributed by atoms with van der Waals surface area (Å²) in [5.41, 5.74) is 6.66. The van der Waals surface area contributed by atoms with Crippen LogP contribution in [-0.4, -0.2) is 61.5 Å². The van der Waals surface area contributed by atoms with Gasteiger partial charge in [0.1, 0.15) is 26.9 Å². The van der Waals surface area contributed by atoms with Crippen molar-refractivity contribution in [3.63, 3.8) is 0 Å². The van der Waals surface area contributed by atoms with Gasteiger partial charge in [-0.3, -0.25) is 24.8 Å². The Morgan fingerprint density at radius 3 is 2.57 bits per heavy atom. The summed E-state index contributed by atoms with van der Waals surface area (Å²) in [5.74, 6) is -0.274. The molecule has 0 unspecified atom stereocenters. The first-order valence-corrected chi connectivity index (χ1v) is 16.7. The molecule has 11 nitrogen and oxygen atoms in total. The summed E-state index contributed by atoms with van der Waals surface area (Å²) < 4.78 is 38.0. The van der Waals surface area contributed by atoms with E-state index in [1.54, 1.807) is 36.9 Å². The van der Waals surface area contributed by atoms with Crippen LogP contribution in [0, 0.1) is 5.82 Å². The Balaban J connectivity index is 1.20. The molecule has 47 heavy (non-hydrogen) atoms. The number of aryl methyl sites for hydroxylation is 1. The molecule has 13 heteroatoms. The number of pyridine rings is 3. The zero-order valence-electron chi connectivity index (χ0n) is 25.0. The topological polar surface area (TPSA) is 159 Å². The van der Waals surface area contributed by atoms with E-state index in [1.807, 2.05) is 42.5 Å². The van der Waals surface area contributed by atoms with Crippen LogP contribution in [0.3, 0.4) is 0 Å². The Morgan fingerprint density at radius 2 is 1.74 bits per heavy atom. The largest absolute Gasteiger partial charge is 0.336 e. The molecule has 5 heterocycles. The molecule has 1 amide bonds. The van der Waals surface area contributed by atoms with Gasteiger partial charge >= 0.3 is 0 Å². The molecule has 0 aliphatic carbocycles. The van der Waals surface area contributed by atoms with Crippen molar-refractivity contribution in [3.8, 4) is 34.0 Å². The number of nitrogens with one attached hydrogen (secondary N) is 3. The van der Waals surface area contributed by atoms with Gasteiger partial charge in [0.25, 0.3) is 0 Å². The number of halogens is 1. The minimum absolute atomic E-state index is 0.0909. The average Bonchev–Trinajstić information content (AvgIpc) is 3.68. The predicted molar refractivity (Wildman–Crippen MR) is 178 cm³/mol. The number of carbonyl (C=O) groups is 1. The van der Waals surface area contributed by atoms with Crippen molar-refractivity contribution >= 4 is 43.4 Å². The number of H-pyrrole nitrogens is 2. The van der Waals surface area contributed by atoms with Crippen LogP contribution in [0.25, 0.3) is 56.0 Å². The maximum atomic E-state index is 14.6. The zero-order valence-corrected chi connectivity index (χ0v) is 25.8. The zero-order chi connectivity index (χ0) is 32.5. The molecule has 234 valence electrons. The quantitative estimate of drug-likeness (QED) is 0.185. The number of amides is 1. The van der Waals surface area contributed by atoms with Crippen LogP contribution in [0.2, 0.25) is 0 Å². The monoisotopic (exact) mass is 646 g/mol. The van der Waals surface area contributed by atoms with E-state index in [0.717, 1.165) is 17.2 Å². The van der Waals surface area contributed by atoms with Crippen LogP contribution >= 0.6 is 0 Å². The number of rotatable bonds is 9. The lowest BCUT2D eigenvalue weighted by Gasteiger charge is -2.07. The van der Waals surface area contributed by atoms with Gasteiger partial charge in [0.2, 0.25) is 5.91 Å². The number of hydrogen-bond donors (Lipinski definition) is 3. The van der Waals surface area contributed by atoms with Crippen LogP contribution in [0.4, 0.5) is 10.1 Å². The first kappa shape index (κ1) is 29.9. The Morgan fingerprint density at radius 1 is 0.894 bits per heavy atom. The lowest BCUT2D eigenvalue weighted by atomic mass is 10.0. The fourth-order valence-corrected chi connectivity index (χ4v) is 5.99. The Labute approximate surface area is 268 Å². The van der Waals surface area contributed by atoms with Crippen molar-refractivity contribution in [2.24, 2.45) is 0 Å². The van der Waals surface area contributed by atoms with Gasteiger partial charge < -0.3 is 10.3 Å². The Kier molecular flexibility index (Phi) is 7.74. The summed E-state index contributed by atoms with van der Waals surface area (Å²) >= 11 is 0. The van der Waals surface area contributed by atoms with Gasteiger partial charge in [-0.1, -0.05) is 30.3 Å². The molecule has 3 N–H and O–H groups in total. The maximum absolute atomic E-state index is 14.6. The first-order valence-electron chi connectivity index (χ1n) is 14.6. The highest BCUT2D eigenvalue weighted by Crippen LogP contribution is 2.32. The van der Waals surface area contributed by atoms with E-state index >= 15 is 0 Å².